The van der Waals surface area contributed by atoms with Crippen molar-refractivity contribution in [3.05, 3.63) is 36.0 Å². The Morgan fingerprint density at radius 3 is 2.29 bits per heavy atom. The molecule has 1 amide bonds. The highest BCUT2D eigenvalue weighted by Crippen LogP contribution is 2.39. The number of methoxy groups -OCH3 is 2. The number of fused-ring (bicyclic) bond motifs is 3. The van der Waals surface area contributed by atoms with Crippen molar-refractivity contribution in [2.75, 3.05) is 20.8 Å². The lowest BCUT2D eigenvalue weighted by Gasteiger charge is -2.47. The van der Waals surface area contributed by atoms with Gasteiger partial charge in [0.1, 0.15) is 24.0 Å². The van der Waals surface area contributed by atoms with Gasteiger partial charge in [0.25, 0.3) is 11.7 Å². The zero-order valence-corrected chi connectivity index (χ0v) is 35.0. The van der Waals surface area contributed by atoms with Gasteiger partial charge in [-0.15, -0.1) is 6.58 Å². The number of aliphatic hydroxyl groups excluding tert-OH is 2. The molecule has 2 bridgehead atoms. The van der Waals surface area contributed by atoms with Crippen LogP contribution < -0.4 is 0 Å². The van der Waals surface area contributed by atoms with E-state index in [1.54, 1.807) is 19.9 Å². The summed E-state index contributed by atoms with van der Waals surface area (Å²) in [5, 5.41) is 34.1. The maximum Gasteiger partial charge on any atom is 0.329 e. The van der Waals surface area contributed by atoms with Gasteiger partial charge in [0.05, 0.1) is 24.4 Å². The van der Waals surface area contributed by atoms with Crippen molar-refractivity contribution < 1.29 is 53.4 Å². The number of nitrogens with zero attached hydrogens (tertiary/aromatic N) is 1. The molecule has 0 aromatic rings. The highest BCUT2D eigenvalue weighted by atomic mass is 16.7. The van der Waals surface area contributed by atoms with Crippen LogP contribution in [0.1, 0.15) is 112 Å². The largest absolute Gasteiger partial charge is 0.456 e. The predicted molar refractivity (Wildman–Crippen MR) is 211 cm³/mol. The van der Waals surface area contributed by atoms with Gasteiger partial charge in [-0.05, 0) is 101 Å². The predicted octanol–water partition coefficient (Wildman–Crippen LogP) is 5.26. The molecule has 12 heteroatoms. The van der Waals surface area contributed by atoms with Crippen molar-refractivity contribution in [1.82, 2.24) is 4.90 Å². The average molecular weight is 788 g/mol. The van der Waals surface area contributed by atoms with Gasteiger partial charge in [0, 0.05) is 44.9 Å². The summed E-state index contributed by atoms with van der Waals surface area (Å²) in [6.45, 7) is 15.2. The van der Waals surface area contributed by atoms with E-state index in [0.29, 0.717) is 44.1 Å². The minimum Gasteiger partial charge on any atom is -0.456 e. The smallest absolute Gasteiger partial charge is 0.329 e. The van der Waals surface area contributed by atoms with E-state index in [9.17, 15) is 34.5 Å². The molecule has 2 saturated heterocycles. The molecule has 0 spiro atoms. The second-order valence-electron chi connectivity index (χ2n) is 17.5. The highest BCUT2D eigenvalue weighted by Gasteiger charge is 2.56. The molecule has 0 aromatic carbocycles. The summed E-state index contributed by atoms with van der Waals surface area (Å²) in [6, 6.07) is -1.12. The molecule has 4 aliphatic rings. The minimum absolute atomic E-state index is 0.0180. The van der Waals surface area contributed by atoms with Gasteiger partial charge in [-0.2, -0.15) is 0 Å². The second-order valence-corrected chi connectivity index (χ2v) is 17.5. The van der Waals surface area contributed by atoms with Gasteiger partial charge in [-0.3, -0.25) is 14.4 Å². The van der Waals surface area contributed by atoms with Crippen molar-refractivity contribution in [3.8, 4) is 0 Å². The van der Waals surface area contributed by atoms with Crippen molar-refractivity contribution >= 4 is 23.4 Å². The third kappa shape index (κ3) is 10.8. The summed E-state index contributed by atoms with van der Waals surface area (Å²) in [5.74, 6) is -7.42. The summed E-state index contributed by atoms with van der Waals surface area (Å²) in [4.78, 5) is 57.8. The van der Waals surface area contributed by atoms with E-state index in [-0.39, 0.29) is 55.4 Å². The first kappa shape index (κ1) is 46.0. The number of piperidine rings is 1. The van der Waals surface area contributed by atoms with Crippen LogP contribution in [0.2, 0.25) is 0 Å². The zero-order valence-electron chi connectivity index (χ0n) is 35.0. The van der Waals surface area contributed by atoms with Crippen LogP contribution in [-0.2, 0) is 38.1 Å². The van der Waals surface area contributed by atoms with Crippen LogP contribution in [0.15, 0.2) is 36.0 Å². The molecular weight excluding hydrogens is 718 g/mol. The van der Waals surface area contributed by atoms with E-state index >= 15 is 0 Å². The number of ketones is 2. The van der Waals surface area contributed by atoms with Gasteiger partial charge < -0.3 is 39.2 Å². The van der Waals surface area contributed by atoms with Gasteiger partial charge in [0.2, 0.25) is 5.79 Å². The molecule has 14 unspecified atom stereocenters. The van der Waals surface area contributed by atoms with Crippen LogP contribution in [0.25, 0.3) is 0 Å². The fraction of sp³-hybridized carbons (Fsp3) is 0.773. The number of allylic oxidation sites excluding steroid dienone is 4. The number of ether oxygens (including phenoxy) is 4. The van der Waals surface area contributed by atoms with Crippen LogP contribution in [0.3, 0.4) is 0 Å². The molecule has 14 atom stereocenters. The van der Waals surface area contributed by atoms with E-state index in [4.69, 9.17) is 18.9 Å². The second kappa shape index (κ2) is 20.3. The fourth-order valence-corrected chi connectivity index (χ4v) is 9.45. The third-order valence-electron chi connectivity index (χ3n) is 12.9. The summed E-state index contributed by atoms with van der Waals surface area (Å²) < 4.78 is 24.2. The molecule has 4 rings (SSSR count). The lowest BCUT2D eigenvalue weighted by molar-refractivity contribution is -0.302. The number of carbonyl (C=O) groups excluding carboxylic acids is 4. The Morgan fingerprint density at radius 1 is 0.964 bits per heavy atom. The minimum atomic E-state index is -2.50. The molecule has 3 heterocycles. The monoisotopic (exact) mass is 787 g/mol. The first-order valence-corrected chi connectivity index (χ1v) is 20.8. The molecule has 12 nitrogen and oxygen atoms in total. The quantitative estimate of drug-likeness (QED) is 0.183. The molecule has 3 fully saturated rings. The topological polar surface area (TPSA) is 169 Å². The Labute approximate surface area is 334 Å². The van der Waals surface area contributed by atoms with Crippen LogP contribution >= 0.6 is 0 Å². The van der Waals surface area contributed by atoms with Crippen molar-refractivity contribution in [2.45, 2.75) is 161 Å². The Kier molecular flexibility index (Phi) is 16.7. The number of hydrogen-bond donors (Lipinski definition) is 3. The molecule has 1 aliphatic carbocycles. The van der Waals surface area contributed by atoms with E-state index in [1.807, 2.05) is 39.8 Å². The number of hydrogen-bond acceptors (Lipinski definition) is 11. The molecular formula is C44H69NO11. The summed E-state index contributed by atoms with van der Waals surface area (Å²) >= 11 is 0. The zero-order chi connectivity index (χ0) is 41.5. The van der Waals surface area contributed by atoms with Crippen LogP contribution in [0, 0.1) is 35.5 Å². The summed E-state index contributed by atoms with van der Waals surface area (Å²) in [5.41, 5.74) is 1.67. The Morgan fingerprint density at radius 2 is 1.64 bits per heavy atom. The Balaban J connectivity index is 1.78. The Hall–Kier alpha value is -2.74. The summed E-state index contributed by atoms with van der Waals surface area (Å²) in [6.07, 6.45) is 6.14. The van der Waals surface area contributed by atoms with Crippen LogP contribution in [0.4, 0.5) is 0 Å². The number of cyclic esters (lactones) is 1. The third-order valence-corrected chi connectivity index (χ3v) is 12.9. The lowest BCUT2D eigenvalue weighted by Crippen LogP contribution is -2.64. The number of esters is 1. The number of rotatable bonds is 6. The maximum atomic E-state index is 14.3. The number of carbonyl (C=O) groups is 4. The average Bonchev–Trinajstić information content (AvgIpc) is 3.16. The van der Waals surface area contributed by atoms with Gasteiger partial charge in [-0.25, -0.2) is 4.79 Å². The first-order valence-electron chi connectivity index (χ1n) is 20.8. The van der Waals surface area contributed by atoms with E-state index in [0.717, 1.165) is 18.4 Å². The highest BCUT2D eigenvalue weighted by molar-refractivity contribution is 6.39. The number of amides is 1. The maximum absolute atomic E-state index is 14.3. The molecule has 3 aliphatic heterocycles. The van der Waals surface area contributed by atoms with Gasteiger partial charge >= 0.3 is 5.97 Å². The Bertz CT molecular complexity index is 1460. The molecule has 3 N–H and O–H groups in total. The van der Waals surface area contributed by atoms with Crippen LogP contribution in [-0.4, -0.2) is 113 Å². The first-order chi connectivity index (χ1) is 26.4. The number of aliphatic hydroxyl groups is 3. The van der Waals surface area contributed by atoms with Crippen molar-refractivity contribution in [1.29, 1.82) is 0 Å². The van der Waals surface area contributed by atoms with Gasteiger partial charge in [-0.1, -0.05) is 51.5 Å². The molecule has 0 radical (unpaired) electrons. The fourth-order valence-electron chi connectivity index (χ4n) is 9.45. The van der Waals surface area contributed by atoms with Crippen LogP contribution in [0.5, 0.6) is 0 Å². The lowest BCUT2D eigenvalue weighted by atomic mass is 9.78. The molecule has 0 aromatic heterocycles. The summed E-state index contributed by atoms with van der Waals surface area (Å²) in [7, 11) is 3.06. The molecule has 1 saturated carbocycles. The number of Topliss-reactive ketones (excluding diaryl/α,β-unsaturated/α-hetero) is 2. The van der Waals surface area contributed by atoms with E-state index < -0.39 is 77.8 Å². The van der Waals surface area contributed by atoms with Crippen molar-refractivity contribution in [3.63, 3.8) is 0 Å². The van der Waals surface area contributed by atoms with Crippen molar-refractivity contribution in [2.24, 2.45) is 35.5 Å². The SMILES string of the molecule is C=CCC1/C=C(\C)CC(C)CC(OC)C2OC(O)(C(=O)C(=O)N3CCCCC3C(=O)OC(/C(C)=C/C3CCC(O)C(C)C3)C(C)C(O)CC1=O)C(C)CC2OC. The van der Waals surface area contributed by atoms with E-state index in [2.05, 4.69) is 6.58 Å². The van der Waals surface area contributed by atoms with E-state index in [1.165, 1.54) is 19.1 Å². The van der Waals surface area contributed by atoms with Gasteiger partial charge in [0.15, 0.2) is 0 Å². The molecule has 316 valence electrons. The normalized spacial score (nSPS) is 41.5. The molecule has 56 heavy (non-hydrogen) atoms. The standard InChI is InChI=1S/C44H69NO11/c1-10-13-32-19-25(2)18-26(3)20-37(53-8)40-38(54-9)23-29(6)44(52,56-40)41(49)42(50)45-17-12-11-14-33(45)43(51)55-39(30(7)35(47)24-36(32)48)28(5)22-31-15-16-34(46)27(4)21-31/h10,19,22,26-27,29-35,37-40,46-47,52H,1,11-18,20-21,23-24H2,2-9H3/b25-19+,28-22+.